The molecule has 0 aliphatic carbocycles. The van der Waals surface area contributed by atoms with E-state index in [1.807, 2.05) is 30.3 Å². The molecule has 0 spiro atoms. The van der Waals surface area contributed by atoms with Crippen molar-refractivity contribution in [3.05, 3.63) is 58.1 Å². The lowest BCUT2D eigenvalue weighted by molar-refractivity contribution is 0.301. The first-order chi connectivity index (χ1) is 9.76. The fourth-order valence-corrected chi connectivity index (χ4v) is 3.19. The van der Waals surface area contributed by atoms with Crippen LogP contribution in [-0.2, 0) is 13.2 Å². The van der Waals surface area contributed by atoms with Crippen molar-refractivity contribution >= 4 is 27.7 Å². The second-order valence-corrected chi connectivity index (χ2v) is 6.41. The molecule has 2 nitrogen and oxygen atoms in total. The van der Waals surface area contributed by atoms with Crippen LogP contribution in [0.3, 0.4) is 0 Å². The Morgan fingerprint density at radius 2 is 1.95 bits per heavy atom. The molecule has 2 rings (SSSR count). The molecule has 0 unspecified atom stereocenters. The van der Waals surface area contributed by atoms with Gasteiger partial charge in [-0.05, 0) is 24.0 Å². The molecule has 0 amide bonds. The van der Waals surface area contributed by atoms with E-state index in [1.165, 1.54) is 4.90 Å². The molecule has 0 heterocycles. The van der Waals surface area contributed by atoms with Crippen molar-refractivity contribution in [1.29, 1.82) is 0 Å². The van der Waals surface area contributed by atoms with E-state index in [4.69, 9.17) is 10.5 Å². The fourth-order valence-electron chi connectivity index (χ4n) is 1.94. The molecule has 0 saturated carbocycles. The number of hydrogen-bond acceptors (Lipinski definition) is 3. The first kappa shape index (κ1) is 15.4. The molecule has 0 saturated heterocycles. The Bertz CT molecular complexity index is 574. The van der Waals surface area contributed by atoms with E-state index in [0.29, 0.717) is 13.2 Å². The molecule has 2 aromatic carbocycles. The topological polar surface area (TPSA) is 35.2 Å². The average Bonchev–Trinajstić information content (AvgIpc) is 2.47. The number of halogens is 1. The Labute approximate surface area is 132 Å². The largest absolute Gasteiger partial charge is 0.488 e. The van der Waals surface area contributed by atoms with Crippen molar-refractivity contribution < 1.29 is 4.74 Å². The van der Waals surface area contributed by atoms with Gasteiger partial charge in [0.15, 0.2) is 0 Å². The summed E-state index contributed by atoms with van der Waals surface area (Å²) >= 11 is 5.33. The highest BCUT2D eigenvalue weighted by molar-refractivity contribution is 9.10. The number of hydrogen-bond donors (Lipinski definition) is 1. The minimum Gasteiger partial charge on any atom is -0.488 e. The van der Waals surface area contributed by atoms with E-state index in [9.17, 15) is 0 Å². The van der Waals surface area contributed by atoms with Gasteiger partial charge in [-0.3, -0.25) is 0 Å². The van der Waals surface area contributed by atoms with Crippen LogP contribution in [0.1, 0.15) is 18.1 Å². The Morgan fingerprint density at radius 1 is 1.15 bits per heavy atom. The lowest BCUT2D eigenvalue weighted by Crippen LogP contribution is -2.04. The highest BCUT2D eigenvalue weighted by Crippen LogP contribution is 2.30. The van der Waals surface area contributed by atoms with Crippen molar-refractivity contribution in [2.24, 2.45) is 5.73 Å². The zero-order valence-electron chi connectivity index (χ0n) is 11.4. The molecule has 0 fully saturated rings. The van der Waals surface area contributed by atoms with Gasteiger partial charge < -0.3 is 10.5 Å². The fraction of sp³-hybridized carbons (Fsp3) is 0.250. The van der Waals surface area contributed by atoms with Gasteiger partial charge >= 0.3 is 0 Å². The normalized spacial score (nSPS) is 10.6. The molecule has 0 atom stereocenters. The summed E-state index contributed by atoms with van der Waals surface area (Å²) in [6.07, 6.45) is 0. The summed E-state index contributed by atoms with van der Waals surface area (Å²) in [5, 5.41) is 0. The maximum Gasteiger partial charge on any atom is 0.125 e. The zero-order chi connectivity index (χ0) is 14.4. The van der Waals surface area contributed by atoms with Crippen LogP contribution in [-0.4, -0.2) is 5.75 Å². The third kappa shape index (κ3) is 3.78. The Balaban J connectivity index is 2.17. The third-order valence-electron chi connectivity index (χ3n) is 2.94. The number of thioether (sulfide) groups is 1. The Hall–Kier alpha value is -0.970. The first-order valence-corrected chi connectivity index (χ1v) is 8.35. The first-order valence-electron chi connectivity index (χ1n) is 6.57. The average molecular weight is 352 g/mol. The van der Waals surface area contributed by atoms with Crippen LogP contribution < -0.4 is 10.5 Å². The van der Waals surface area contributed by atoms with Crippen LogP contribution in [0.15, 0.2) is 51.8 Å². The van der Waals surface area contributed by atoms with Crippen molar-refractivity contribution in [1.82, 2.24) is 0 Å². The van der Waals surface area contributed by atoms with Crippen LogP contribution in [0.4, 0.5) is 0 Å². The zero-order valence-corrected chi connectivity index (χ0v) is 13.8. The Kier molecular flexibility index (Phi) is 5.95. The SMILES string of the molecule is CCSc1cccc(OCc2ccccc2Br)c1CN. The highest BCUT2D eigenvalue weighted by atomic mass is 79.9. The van der Waals surface area contributed by atoms with Gasteiger partial charge in [-0.25, -0.2) is 0 Å². The summed E-state index contributed by atoms with van der Waals surface area (Å²) in [5.74, 6) is 1.91. The molecule has 0 radical (unpaired) electrons. The van der Waals surface area contributed by atoms with Gasteiger partial charge in [-0.15, -0.1) is 11.8 Å². The number of rotatable bonds is 6. The minimum atomic E-state index is 0.495. The van der Waals surface area contributed by atoms with Gasteiger partial charge in [0.25, 0.3) is 0 Å². The van der Waals surface area contributed by atoms with Gasteiger partial charge in [0.1, 0.15) is 12.4 Å². The van der Waals surface area contributed by atoms with E-state index in [1.54, 1.807) is 11.8 Å². The van der Waals surface area contributed by atoms with Gasteiger partial charge in [0.2, 0.25) is 0 Å². The van der Waals surface area contributed by atoms with Crippen molar-refractivity contribution in [3.63, 3.8) is 0 Å². The van der Waals surface area contributed by atoms with E-state index < -0.39 is 0 Å². The predicted octanol–water partition coefficient (Wildman–Crippen LogP) is 4.60. The molecule has 0 aliphatic heterocycles. The Morgan fingerprint density at radius 3 is 2.65 bits per heavy atom. The van der Waals surface area contributed by atoms with E-state index in [0.717, 1.165) is 27.1 Å². The molecule has 2 N–H and O–H groups in total. The summed E-state index contributed by atoms with van der Waals surface area (Å²) in [4.78, 5) is 1.21. The lowest BCUT2D eigenvalue weighted by Gasteiger charge is -2.14. The van der Waals surface area contributed by atoms with Crippen molar-refractivity contribution in [3.8, 4) is 5.75 Å². The minimum absolute atomic E-state index is 0.495. The number of benzene rings is 2. The highest BCUT2D eigenvalue weighted by Gasteiger charge is 2.09. The van der Waals surface area contributed by atoms with Gasteiger partial charge in [0, 0.05) is 27.0 Å². The van der Waals surface area contributed by atoms with E-state index in [2.05, 4.69) is 35.0 Å². The summed E-state index contributed by atoms with van der Waals surface area (Å²) in [6, 6.07) is 14.2. The molecule has 0 aliphatic rings. The van der Waals surface area contributed by atoms with Crippen LogP contribution in [0, 0.1) is 0 Å². The predicted molar refractivity (Wildman–Crippen MR) is 89.2 cm³/mol. The monoisotopic (exact) mass is 351 g/mol. The number of nitrogens with two attached hydrogens (primary N) is 1. The third-order valence-corrected chi connectivity index (χ3v) is 4.69. The summed E-state index contributed by atoms with van der Waals surface area (Å²) in [5.41, 5.74) is 8.10. The summed E-state index contributed by atoms with van der Waals surface area (Å²) < 4.78 is 7.02. The molecule has 0 bridgehead atoms. The molecule has 4 heteroatoms. The van der Waals surface area contributed by atoms with Crippen LogP contribution >= 0.6 is 27.7 Å². The summed E-state index contributed by atoms with van der Waals surface area (Å²) in [6.45, 7) is 3.17. The van der Waals surface area contributed by atoms with Crippen LogP contribution in [0.25, 0.3) is 0 Å². The lowest BCUT2D eigenvalue weighted by atomic mass is 10.2. The molecule has 2 aromatic rings. The second-order valence-electron chi connectivity index (χ2n) is 4.25. The quantitative estimate of drug-likeness (QED) is 0.772. The summed E-state index contributed by atoms with van der Waals surface area (Å²) in [7, 11) is 0. The molecule has 0 aromatic heterocycles. The standard InChI is InChI=1S/C16H18BrNOS/c1-2-20-16-9-5-8-15(13(16)10-18)19-11-12-6-3-4-7-14(12)17/h3-9H,2,10-11,18H2,1H3. The van der Waals surface area contributed by atoms with Gasteiger partial charge in [-0.2, -0.15) is 0 Å². The second kappa shape index (κ2) is 7.72. The maximum atomic E-state index is 5.96. The van der Waals surface area contributed by atoms with Crippen LogP contribution in [0.5, 0.6) is 5.75 Å². The molecule has 106 valence electrons. The maximum absolute atomic E-state index is 5.96. The molecule has 20 heavy (non-hydrogen) atoms. The molecular weight excluding hydrogens is 334 g/mol. The van der Waals surface area contributed by atoms with Crippen molar-refractivity contribution in [2.75, 3.05) is 5.75 Å². The van der Waals surface area contributed by atoms with Crippen molar-refractivity contribution in [2.45, 2.75) is 25.0 Å². The smallest absolute Gasteiger partial charge is 0.125 e. The van der Waals surface area contributed by atoms with Crippen LogP contribution in [0.2, 0.25) is 0 Å². The van der Waals surface area contributed by atoms with E-state index in [-0.39, 0.29) is 0 Å². The van der Waals surface area contributed by atoms with E-state index >= 15 is 0 Å². The van der Waals surface area contributed by atoms with Gasteiger partial charge in [0.05, 0.1) is 0 Å². The molecular formula is C16H18BrNOS. The van der Waals surface area contributed by atoms with Gasteiger partial charge in [-0.1, -0.05) is 47.1 Å². The number of ether oxygens (including phenoxy) is 1.